The van der Waals surface area contributed by atoms with Crippen molar-refractivity contribution in [1.29, 1.82) is 0 Å². The van der Waals surface area contributed by atoms with E-state index < -0.39 is 0 Å². The van der Waals surface area contributed by atoms with Crippen LogP contribution in [0.2, 0.25) is 0 Å². The highest BCUT2D eigenvalue weighted by molar-refractivity contribution is 5.79. The molecule has 0 radical (unpaired) electrons. The largest absolute Gasteiger partial charge is 0.383 e. The standard InChI is InChI=1S/C15H16N4O/c1-9-7-18-15(19-14(9)16)11-4-2-10(3-5-11)12-6-13(20)17-8-12/h2-5,7,12H,6,8H2,1H3,(H,17,20)(H2,16,18,19). The Labute approximate surface area is 117 Å². The van der Waals surface area contributed by atoms with Crippen molar-refractivity contribution in [3.05, 3.63) is 41.6 Å². The molecule has 0 aliphatic carbocycles. The minimum Gasteiger partial charge on any atom is -0.383 e. The van der Waals surface area contributed by atoms with Crippen LogP contribution in [0.5, 0.6) is 0 Å². The second-order valence-electron chi connectivity index (χ2n) is 5.09. The number of carbonyl (C=O) groups excluding carboxylic acids is 1. The molecular weight excluding hydrogens is 252 g/mol. The molecule has 1 aliphatic heterocycles. The summed E-state index contributed by atoms with van der Waals surface area (Å²) < 4.78 is 0. The lowest BCUT2D eigenvalue weighted by atomic mass is 9.97. The maximum atomic E-state index is 11.2. The number of benzene rings is 1. The predicted octanol–water partition coefficient (Wildman–Crippen LogP) is 1.64. The first kappa shape index (κ1) is 12.6. The summed E-state index contributed by atoms with van der Waals surface area (Å²) in [6.07, 6.45) is 2.29. The van der Waals surface area contributed by atoms with E-state index in [1.54, 1.807) is 6.20 Å². The molecule has 0 bridgehead atoms. The van der Waals surface area contributed by atoms with E-state index in [0.717, 1.165) is 16.7 Å². The van der Waals surface area contributed by atoms with Crippen LogP contribution in [-0.2, 0) is 4.79 Å². The van der Waals surface area contributed by atoms with E-state index in [9.17, 15) is 4.79 Å². The summed E-state index contributed by atoms with van der Waals surface area (Å²) in [4.78, 5) is 19.8. The third-order valence-corrected chi connectivity index (χ3v) is 3.63. The summed E-state index contributed by atoms with van der Waals surface area (Å²) in [5.41, 5.74) is 8.77. The first-order valence-corrected chi connectivity index (χ1v) is 6.59. The van der Waals surface area contributed by atoms with E-state index in [1.165, 1.54) is 0 Å². The van der Waals surface area contributed by atoms with Crippen molar-refractivity contribution in [2.45, 2.75) is 19.3 Å². The molecule has 1 aromatic carbocycles. The molecule has 0 saturated carbocycles. The van der Waals surface area contributed by atoms with Gasteiger partial charge in [-0.1, -0.05) is 24.3 Å². The van der Waals surface area contributed by atoms with Crippen molar-refractivity contribution in [3.8, 4) is 11.4 Å². The van der Waals surface area contributed by atoms with Crippen LogP contribution >= 0.6 is 0 Å². The van der Waals surface area contributed by atoms with E-state index in [-0.39, 0.29) is 11.8 Å². The van der Waals surface area contributed by atoms with Gasteiger partial charge in [0.2, 0.25) is 5.91 Å². The molecule has 1 aromatic heterocycles. The second-order valence-corrected chi connectivity index (χ2v) is 5.09. The molecule has 3 rings (SSSR count). The molecule has 1 saturated heterocycles. The van der Waals surface area contributed by atoms with Crippen molar-refractivity contribution in [3.63, 3.8) is 0 Å². The van der Waals surface area contributed by atoms with Crippen LogP contribution in [0.15, 0.2) is 30.5 Å². The Kier molecular flexibility index (Phi) is 3.10. The van der Waals surface area contributed by atoms with Gasteiger partial charge in [-0.15, -0.1) is 0 Å². The zero-order valence-corrected chi connectivity index (χ0v) is 11.3. The number of amides is 1. The first-order chi connectivity index (χ1) is 9.63. The Morgan fingerprint density at radius 3 is 2.65 bits per heavy atom. The SMILES string of the molecule is Cc1cnc(-c2ccc(C3CNC(=O)C3)cc2)nc1N. The minimum absolute atomic E-state index is 0.119. The molecule has 2 heterocycles. The van der Waals surface area contributed by atoms with Gasteiger partial charge in [0.15, 0.2) is 5.82 Å². The lowest BCUT2D eigenvalue weighted by Crippen LogP contribution is -2.13. The molecule has 1 amide bonds. The van der Waals surface area contributed by atoms with Crippen molar-refractivity contribution < 1.29 is 4.79 Å². The number of nitrogens with two attached hydrogens (primary N) is 1. The van der Waals surface area contributed by atoms with Gasteiger partial charge in [0, 0.05) is 36.2 Å². The number of hydrogen-bond acceptors (Lipinski definition) is 4. The van der Waals surface area contributed by atoms with E-state index >= 15 is 0 Å². The third kappa shape index (κ3) is 2.34. The van der Waals surface area contributed by atoms with E-state index in [0.29, 0.717) is 24.6 Å². The highest BCUT2D eigenvalue weighted by Gasteiger charge is 2.22. The molecular formula is C15H16N4O. The van der Waals surface area contributed by atoms with Crippen molar-refractivity contribution in [1.82, 2.24) is 15.3 Å². The van der Waals surface area contributed by atoms with Gasteiger partial charge < -0.3 is 11.1 Å². The Hall–Kier alpha value is -2.43. The molecule has 1 atom stereocenters. The lowest BCUT2D eigenvalue weighted by Gasteiger charge is -2.09. The summed E-state index contributed by atoms with van der Waals surface area (Å²) in [5.74, 6) is 1.51. The Bertz CT molecular complexity index is 651. The normalized spacial score (nSPS) is 18.1. The van der Waals surface area contributed by atoms with Crippen molar-refractivity contribution in [2.24, 2.45) is 0 Å². The Morgan fingerprint density at radius 1 is 1.30 bits per heavy atom. The van der Waals surface area contributed by atoms with Crippen LogP contribution in [-0.4, -0.2) is 22.4 Å². The summed E-state index contributed by atoms with van der Waals surface area (Å²) in [7, 11) is 0. The van der Waals surface area contributed by atoms with Gasteiger partial charge in [-0.2, -0.15) is 0 Å². The van der Waals surface area contributed by atoms with Crippen LogP contribution in [0.25, 0.3) is 11.4 Å². The number of nitrogens with zero attached hydrogens (tertiary/aromatic N) is 2. The third-order valence-electron chi connectivity index (χ3n) is 3.63. The molecule has 20 heavy (non-hydrogen) atoms. The molecule has 5 heteroatoms. The monoisotopic (exact) mass is 268 g/mol. The van der Waals surface area contributed by atoms with Crippen molar-refractivity contribution in [2.75, 3.05) is 12.3 Å². The summed E-state index contributed by atoms with van der Waals surface area (Å²) in [6.45, 7) is 2.60. The number of aromatic nitrogens is 2. The molecule has 1 unspecified atom stereocenters. The number of aryl methyl sites for hydroxylation is 1. The molecule has 1 fully saturated rings. The van der Waals surface area contributed by atoms with Crippen LogP contribution in [0, 0.1) is 6.92 Å². The highest BCUT2D eigenvalue weighted by Crippen LogP contribution is 2.25. The zero-order chi connectivity index (χ0) is 14.1. The maximum absolute atomic E-state index is 11.2. The van der Waals surface area contributed by atoms with Gasteiger partial charge in [0.25, 0.3) is 0 Å². The second kappa shape index (κ2) is 4.92. The molecule has 3 N–H and O–H groups in total. The average molecular weight is 268 g/mol. The van der Waals surface area contributed by atoms with E-state index in [1.807, 2.05) is 31.2 Å². The van der Waals surface area contributed by atoms with Crippen LogP contribution in [0.1, 0.15) is 23.5 Å². The molecule has 1 aliphatic rings. The average Bonchev–Trinajstić information content (AvgIpc) is 2.89. The van der Waals surface area contributed by atoms with Crippen molar-refractivity contribution >= 4 is 11.7 Å². The molecule has 2 aromatic rings. The molecule has 102 valence electrons. The van der Waals surface area contributed by atoms with Gasteiger partial charge in [-0.3, -0.25) is 4.79 Å². The number of anilines is 1. The van der Waals surface area contributed by atoms with Crippen LogP contribution < -0.4 is 11.1 Å². The number of rotatable bonds is 2. The Morgan fingerprint density at radius 2 is 2.05 bits per heavy atom. The first-order valence-electron chi connectivity index (χ1n) is 6.59. The lowest BCUT2D eigenvalue weighted by molar-refractivity contribution is -0.119. The number of carbonyl (C=O) groups is 1. The van der Waals surface area contributed by atoms with E-state index in [2.05, 4.69) is 15.3 Å². The quantitative estimate of drug-likeness (QED) is 0.867. The minimum atomic E-state index is 0.119. The maximum Gasteiger partial charge on any atom is 0.220 e. The van der Waals surface area contributed by atoms with E-state index in [4.69, 9.17) is 5.73 Å². The number of nitrogens with one attached hydrogen (secondary N) is 1. The number of nitrogen functional groups attached to an aromatic ring is 1. The Balaban J connectivity index is 1.85. The van der Waals surface area contributed by atoms with Gasteiger partial charge in [0.05, 0.1) is 0 Å². The smallest absolute Gasteiger partial charge is 0.220 e. The number of hydrogen-bond donors (Lipinski definition) is 2. The summed E-state index contributed by atoms with van der Waals surface area (Å²) in [6, 6.07) is 8.00. The van der Waals surface area contributed by atoms with Gasteiger partial charge in [-0.05, 0) is 12.5 Å². The fraction of sp³-hybridized carbons (Fsp3) is 0.267. The summed E-state index contributed by atoms with van der Waals surface area (Å²) >= 11 is 0. The molecule has 5 nitrogen and oxygen atoms in total. The fourth-order valence-corrected chi connectivity index (χ4v) is 2.34. The molecule has 0 spiro atoms. The fourth-order valence-electron chi connectivity index (χ4n) is 2.34. The highest BCUT2D eigenvalue weighted by atomic mass is 16.1. The van der Waals surface area contributed by atoms with Gasteiger partial charge in [-0.25, -0.2) is 9.97 Å². The summed E-state index contributed by atoms with van der Waals surface area (Å²) in [5, 5.41) is 2.85. The predicted molar refractivity (Wildman–Crippen MR) is 77.0 cm³/mol. The zero-order valence-electron chi connectivity index (χ0n) is 11.3. The van der Waals surface area contributed by atoms with Crippen LogP contribution in [0.3, 0.4) is 0 Å². The van der Waals surface area contributed by atoms with Gasteiger partial charge in [0.1, 0.15) is 5.82 Å². The van der Waals surface area contributed by atoms with Crippen LogP contribution in [0.4, 0.5) is 5.82 Å². The van der Waals surface area contributed by atoms with Gasteiger partial charge >= 0.3 is 0 Å². The topological polar surface area (TPSA) is 80.9 Å².